The lowest BCUT2D eigenvalue weighted by Crippen LogP contribution is -2.26. The van der Waals surface area contributed by atoms with Crippen molar-refractivity contribution in [1.29, 1.82) is 0 Å². The van der Waals surface area contributed by atoms with Gasteiger partial charge in [-0.05, 0) is 197 Å². The maximum absolute atomic E-state index is 6.80. The molecular weight excluding hydrogens is 1010 g/mol. The number of nitrogens with zero attached hydrogens (tertiary/aromatic N) is 2. The molecule has 83 heavy (non-hydrogen) atoms. The summed E-state index contributed by atoms with van der Waals surface area (Å²) >= 11 is 0. The molecule has 0 aliphatic heterocycles. The Morgan fingerprint density at radius 1 is 0.301 bits per heavy atom. The van der Waals surface area contributed by atoms with Crippen molar-refractivity contribution in [1.82, 2.24) is 0 Å². The van der Waals surface area contributed by atoms with Crippen molar-refractivity contribution in [3.8, 4) is 22.3 Å². The van der Waals surface area contributed by atoms with Crippen molar-refractivity contribution in [3.63, 3.8) is 0 Å². The third-order valence-corrected chi connectivity index (χ3v) is 18.4. The molecule has 4 nitrogen and oxygen atoms in total. The molecule has 0 atom stereocenters. The van der Waals surface area contributed by atoms with Crippen LogP contribution >= 0.6 is 0 Å². The standard InChI is InChI=1S/C79H56N2O2/c1-47(2)49-27-34-56(35-28-49)80(72-23-13-20-63-61-17-8-11-25-74(61)82-77(63)72)58-38-31-52-43-66-67-44-53-32-39-59(81(57-36-29-50(30-37-57)48(3)4)73-24-14-21-64-62-18-9-12-26-75(62)83-78(64)73)42-55(53)46-71(67)79(70(66)45-54(52)41-58)68-22-10-7-19-65(68)76-60-16-6-5-15-51(60)33-40-69(76)79/h5-48H,1-4H3. The van der Waals surface area contributed by atoms with E-state index in [1.807, 2.05) is 0 Å². The first kappa shape index (κ1) is 47.6. The Bertz CT molecular complexity index is 4920. The van der Waals surface area contributed by atoms with Crippen LogP contribution in [0, 0.1) is 0 Å². The van der Waals surface area contributed by atoms with Crippen molar-refractivity contribution < 1.29 is 8.83 Å². The SMILES string of the molecule is CC(C)c1ccc(N(c2ccc3cc4c(cc3c2)C2(c3cc5cc(N(c6ccc(C(C)C)cc6)c6cccc7c6oc6ccccc67)ccc5cc3-4)c3ccccc3-c3c2ccc2ccccc32)c2cccc3c2oc2ccccc23)cc1. The zero-order valence-electron chi connectivity index (χ0n) is 46.6. The van der Waals surface area contributed by atoms with Crippen molar-refractivity contribution in [2.45, 2.75) is 44.9 Å². The van der Waals surface area contributed by atoms with Gasteiger partial charge < -0.3 is 18.6 Å². The van der Waals surface area contributed by atoms with Gasteiger partial charge >= 0.3 is 0 Å². The molecule has 2 aliphatic rings. The molecule has 15 aromatic rings. The molecule has 0 saturated heterocycles. The zero-order valence-corrected chi connectivity index (χ0v) is 46.6. The highest BCUT2D eigenvalue weighted by molar-refractivity contribution is 6.13. The molecule has 4 heteroatoms. The molecule has 0 amide bonds. The number of para-hydroxylation sites is 4. The average molecular weight is 1070 g/mol. The Balaban J connectivity index is 0.903. The topological polar surface area (TPSA) is 32.8 Å². The lowest BCUT2D eigenvalue weighted by molar-refractivity contribution is 0.668. The van der Waals surface area contributed by atoms with Crippen LogP contribution in [0.4, 0.5) is 34.1 Å². The highest BCUT2D eigenvalue weighted by Crippen LogP contribution is 2.65. The second kappa shape index (κ2) is 17.9. The Morgan fingerprint density at radius 2 is 0.747 bits per heavy atom. The van der Waals surface area contributed by atoms with Gasteiger partial charge in [0.25, 0.3) is 0 Å². The number of hydrogen-bond acceptors (Lipinski definition) is 4. The van der Waals surface area contributed by atoms with Gasteiger partial charge in [-0.3, -0.25) is 0 Å². The van der Waals surface area contributed by atoms with E-state index in [1.165, 1.54) is 88.0 Å². The number of rotatable bonds is 8. The summed E-state index contributed by atoms with van der Waals surface area (Å²) in [5.74, 6) is 0.815. The van der Waals surface area contributed by atoms with Gasteiger partial charge in [0.15, 0.2) is 11.2 Å². The molecule has 2 aliphatic carbocycles. The summed E-state index contributed by atoms with van der Waals surface area (Å²) in [7, 11) is 0. The number of benzene rings is 13. The van der Waals surface area contributed by atoms with Crippen LogP contribution in [0.2, 0.25) is 0 Å². The first-order valence-electron chi connectivity index (χ1n) is 29.2. The van der Waals surface area contributed by atoms with Gasteiger partial charge in [0.05, 0.1) is 16.8 Å². The molecule has 0 radical (unpaired) electrons. The smallest absolute Gasteiger partial charge is 0.159 e. The van der Waals surface area contributed by atoms with Crippen LogP contribution in [0.15, 0.2) is 264 Å². The third-order valence-electron chi connectivity index (χ3n) is 18.4. The second-order valence-electron chi connectivity index (χ2n) is 23.5. The van der Waals surface area contributed by atoms with E-state index in [0.29, 0.717) is 11.8 Å². The van der Waals surface area contributed by atoms with Crippen LogP contribution in [0.25, 0.3) is 98.4 Å². The highest BCUT2D eigenvalue weighted by atomic mass is 16.3. The Morgan fingerprint density at radius 3 is 1.28 bits per heavy atom. The van der Waals surface area contributed by atoms with Gasteiger partial charge in [0.1, 0.15) is 11.2 Å². The minimum atomic E-state index is -0.631. The van der Waals surface area contributed by atoms with E-state index in [0.717, 1.165) is 78.0 Å². The minimum Gasteiger partial charge on any atom is -0.454 e. The fourth-order valence-corrected chi connectivity index (χ4v) is 14.4. The summed E-state index contributed by atoms with van der Waals surface area (Å²) in [4.78, 5) is 4.78. The minimum absolute atomic E-state index is 0.408. The molecule has 0 bridgehead atoms. The van der Waals surface area contributed by atoms with E-state index < -0.39 is 5.41 Å². The van der Waals surface area contributed by atoms with E-state index in [4.69, 9.17) is 8.83 Å². The van der Waals surface area contributed by atoms with E-state index in [9.17, 15) is 0 Å². The maximum Gasteiger partial charge on any atom is 0.159 e. The van der Waals surface area contributed by atoms with Crippen molar-refractivity contribution >= 4 is 110 Å². The summed E-state index contributed by atoms with van der Waals surface area (Å²) in [6.45, 7) is 9.02. The van der Waals surface area contributed by atoms with E-state index >= 15 is 0 Å². The van der Waals surface area contributed by atoms with Gasteiger partial charge in [-0.2, -0.15) is 0 Å². The van der Waals surface area contributed by atoms with E-state index in [2.05, 4.69) is 292 Å². The molecule has 17 rings (SSSR count). The van der Waals surface area contributed by atoms with Crippen LogP contribution in [0.5, 0.6) is 0 Å². The zero-order chi connectivity index (χ0) is 55.2. The molecule has 1 spiro atoms. The molecule has 394 valence electrons. The van der Waals surface area contributed by atoms with Gasteiger partial charge in [-0.1, -0.05) is 185 Å². The van der Waals surface area contributed by atoms with E-state index in [1.54, 1.807) is 0 Å². The van der Waals surface area contributed by atoms with Gasteiger partial charge in [0, 0.05) is 44.3 Å². The fraction of sp³-hybridized carbons (Fsp3) is 0.0886. The Labute approximate surface area is 481 Å². The largest absolute Gasteiger partial charge is 0.454 e. The number of hydrogen-bond donors (Lipinski definition) is 0. The monoisotopic (exact) mass is 1060 g/mol. The quantitative estimate of drug-likeness (QED) is 0.152. The Kier molecular flexibility index (Phi) is 10.3. The lowest BCUT2D eigenvalue weighted by Gasteiger charge is -2.31. The van der Waals surface area contributed by atoms with Crippen LogP contribution in [-0.4, -0.2) is 0 Å². The predicted octanol–water partition coefficient (Wildman–Crippen LogP) is 22.5. The summed E-state index contributed by atoms with van der Waals surface area (Å²) in [6.07, 6.45) is 0. The summed E-state index contributed by atoms with van der Waals surface area (Å²) in [5, 5.41) is 11.7. The number of fused-ring (bicyclic) bond motifs is 20. The maximum atomic E-state index is 6.80. The number of anilines is 6. The summed E-state index contributed by atoms with van der Waals surface area (Å²) in [5.41, 5.74) is 22.1. The molecule has 13 aromatic carbocycles. The van der Waals surface area contributed by atoms with Gasteiger partial charge in [0.2, 0.25) is 0 Å². The van der Waals surface area contributed by atoms with Gasteiger partial charge in [-0.25, -0.2) is 0 Å². The molecule has 0 saturated carbocycles. The fourth-order valence-electron chi connectivity index (χ4n) is 14.4. The second-order valence-corrected chi connectivity index (χ2v) is 23.5. The van der Waals surface area contributed by atoms with Crippen LogP contribution in [-0.2, 0) is 5.41 Å². The molecule has 0 unspecified atom stereocenters. The van der Waals surface area contributed by atoms with E-state index in [-0.39, 0.29) is 0 Å². The highest BCUT2D eigenvalue weighted by Gasteiger charge is 2.52. The molecule has 2 aromatic heterocycles. The lowest BCUT2D eigenvalue weighted by atomic mass is 9.70. The van der Waals surface area contributed by atoms with Crippen molar-refractivity contribution in [3.05, 3.63) is 288 Å². The normalized spacial score (nSPS) is 13.1. The summed E-state index contributed by atoms with van der Waals surface area (Å²) < 4.78 is 13.6. The van der Waals surface area contributed by atoms with Crippen LogP contribution in [0.3, 0.4) is 0 Å². The summed E-state index contributed by atoms with van der Waals surface area (Å²) in [6, 6.07) is 95.0. The van der Waals surface area contributed by atoms with Crippen molar-refractivity contribution in [2.75, 3.05) is 9.80 Å². The Hall–Kier alpha value is -10.2. The molecular formula is C79H56N2O2. The first-order valence-corrected chi connectivity index (χ1v) is 29.2. The molecule has 0 N–H and O–H groups in total. The molecule has 2 heterocycles. The van der Waals surface area contributed by atoms with Crippen molar-refractivity contribution in [2.24, 2.45) is 0 Å². The number of furan rings is 2. The third kappa shape index (κ3) is 6.93. The average Bonchev–Trinajstić information content (AvgIpc) is 2.66. The van der Waals surface area contributed by atoms with Gasteiger partial charge in [-0.15, -0.1) is 0 Å². The molecule has 0 fully saturated rings. The first-order chi connectivity index (χ1) is 40.8. The predicted molar refractivity (Wildman–Crippen MR) is 347 cm³/mol. The van der Waals surface area contributed by atoms with Crippen LogP contribution < -0.4 is 9.80 Å². The van der Waals surface area contributed by atoms with Crippen LogP contribution in [0.1, 0.15) is 72.9 Å².